The van der Waals surface area contributed by atoms with Crippen LogP contribution in [-0.4, -0.2) is 31.3 Å². The van der Waals surface area contributed by atoms with Gasteiger partial charge < -0.3 is 14.8 Å². The van der Waals surface area contributed by atoms with Gasteiger partial charge >= 0.3 is 12.1 Å². The molecule has 1 amide bonds. The molecule has 5 heteroatoms. The molecule has 1 aromatic carbocycles. The van der Waals surface area contributed by atoms with Gasteiger partial charge in [-0.1, -0.05) is 24.0 Å². The Bertz CT molecular complexity index is 591. The fraction of sp³-hybridized carbons (Fsp3) is 0.412. The smallest absolute Gasteiger partial charge is 0.408 e. The Balaban J connectivity index is 2.53. The number of alkyl carbamates (subject to hydrolysis) is 1. The molecule has 0 atom stereocenters. The molecule has 0 heterocycles. The second kappa shape index (κ2) is 8.08. The second-order valence-corrected chi connectivity index (χ2v) is 5.61. The Kier molecular flexibility index (Phi) is 6.46. The maximum atomic E-state index is 11.4. The molecule has 0 aliphatic rings. The molecule has 5 nitrogen and oxygen atoms in total. The van der Waals surface area contributed by atoms with Crippen molar-refractivity contribution in [1.82, 2.24) is 5.32 Å². The van der Waals surface area contributed by atoms with E-state index in [0.717, 1.165) is 11.1 Å². The molecule has 0 aliphatic heterocycles. The lowest BCUT2D eigenvalue weighted by Crippen LogP contribution is -2.32. The Morgan fingerprint density at radius 2 is 2.00 bits per heavy atom. The van der Waals surface area contributed by atoms with Crippen LogP contribution in [0.3, 0.4) is 0 Å². The van der Waals surface area contributed by atoms with E-state index in [1.165, 1.54) is 7.11 Å². The Labute approximate surface area is 131 Å². The number of ether oxygens (including phenoxy) is 2. The first-order valence-electron chi connectivity index (χ1n) is 6.91. The van der Waals surface area contributed by atoms with E-state index in [-0.39, 0.29) is 18.9 Å². The van der Waals surface area contributed by atoms with Crippen molar-refractivity contribution in [2.75, 3.05) is 13.7 Å². The minimum Gasteiger partial charge on any atom is -0.469 e. The summed E-state index contributed by atoms with van der Waals surface area (Å²) in [6, 6.07) is 7.31. The zero-order valence-electron chi connectivity index (χ0n) is 13.4. The molecule has 1 N–H and O–H groups in total. The van der Waals surface area contributed by atoms with Gasteiger partial charge in [0.1, 0.15) is 5.60 Å². The summed E-state index contributed by atoms with van der Waals surface area (Å²) in [5.41, 5.74) is 1.07. The number of esters is 1. The van der Waals surface area contributed by atoms with Gasteiger partial charge in [0.05, 0.1) is 20.1 Å². The predicted octanol–water partition coefficient (Wildman–Crippen LogP) is 2.28. The topological polar surface area (TPSA) is 64.6 Å². The second-order valence-electron chi connectivity index (χ2n) is 5.61. The lowest BCUT2D eigenvalue weighted by atomic mass is 10.1. The molecule has 0 radical (unpaired) electrons. The average Bonchev–Trinajstić information content (AvgIpc) is 2.42. The summed E-state index contributed by atoms with van der Waals surface area (Å²) in [6.45, 7) is 5.58. The SMILES string of the molecule is COC(=O)Cc1cccc(C#CCNC(=O)OC(C)(C)C)c1. The lowest BCUT2D eigenvalue weighted by Gasteiger charge is -2.18. The maximum Gasteiger partial charge on any atom is 0.408 e. The van der Waals surface area contributed by atoms with Crippen LogP contribution in [0.5, 0.6) is 0 Å². The molecule has 1 rings (SSSR count). The van der Waals surface area contributed by atoms with Crippen molar-refractivity contribution in [3.63, 3.8) is 0 Å². The monoisotopic (exact) mass is 303 g/mol. The summed E-state index contributed by atoms with van der Waals surface area (Å²) in [6.07, 6.45) is -0.288. The predicted molar refractivity (Wildman–Crippen MR) is 83.3 cm³/mol. The zero-order chi connectivity index (χ0) is 16.6. The van der Waals surface area contributed by atoms with Crippen molar-refractivity contribution in [1.29, 1.82) is 0 Å². The van der Waals surface area contributed by atoms with Crippen LogP contribution in [0.25, 0.3) is 0 Å². The van der Waals surface area contributed by atoms with E-state index in [0.29, 0.717) is 0 Å². The van der Waals surface area contributed by atoms with E-state index >= 15 is 0 Å². The van der Waals surface area contributed by atoms with Crippen LogP contribution in [0.4, 0.5) is 4.79 Å². The molecule has 0 bridgehead atoms. The van der Waals surface area contributed by atoms with E-state index in [1.54, 1.807) is 20.8 Å². The summed E-state index contributed by atoms with van der Waals surface area (Å²) in [5, 5.41) is 2.56. The third kappa shape index (κ3) is 7.34. The molecule has 0 saturated carbocycles. The lowest BCUT2D eigenvalue weighted by molar-refractivity contribution is -0.139. The zero-order valence-corrected chi connectivity index (χ0v) is 13.4. The molecule has 0 unspecified atom stereocenters. The maximum absolute atomic E-state index is 11.4. The number of benzene rings is 1. The highest BCUT2D eigenvalue weighted by molar-refractivity contribution is 5.72. The molecular weight excluding hydrogens is 282 g/mol. The minimum absolute atomic E-state index is 0.191. The van der Waals surface area contributed by atoms with Crippen molar-refractivity contribution in [3.05, 3.63) is 35.4 Å². The van der Waals surface area contributed by atoms with Gasteiger partial charge in [-0.05, 0) is 38.5 Å². The van der Waals surface area contributed by atoms with Crippen molar-refractivity contribution in [3.8, 4) is 11.8 Å². The molecule has 0 aromatic heterocycles. The standard InChI is InChI=1S/C17H21NO4/c1-17(2,3)22-16(20)18-10-6-9-13-7-5-8-14(11-13)12-15(19)21-4/h5,7-8,11H,10,12H2,1-4H3,(H,18,20). The summed E-state index contributed by atoms with van der Waals surface area (Å²) in [4.78, 5) is 22.6. The quantitative estimate of drug-likeness (QED) is 0.687. The molecule has 0 spiro atoms. The highest BCUT2D eigenvalue weighted by Crippen LogP contribution is 2.06. The fourth-order valence-electron chi connectivity index (χ4n) is 1.57. The molecule has 22 heavy (non-hydrogen) atoms. The Morgan fingerprint density at radius 3 is 2.64 bits per heavy atom. The van der Waals surface area contributed by atoms with E-state index in [2.05, 4.69) is 21.9 Å². The van der Waals surface area contributed by atoms with E-state index in [1.807, 2.05) is 24.3 Å². The number of rotatable bonds is 3. The molecule has 118 valence electrons. The summed E-state index contributed by atoms with van der Waals surface area (Å²) in [5.74, 6) is 5.46. The van der Waals surface area contributed by atoms with Gasteiger partial charge in [-0.2, -0.15) is 0 Å². The number of carbonyl (C=O) groups excluding carboxylic acids is 2. The number of hydrogen-bond acceptors (Lipinski definition) is 4. The van der Waals surface area contributed by atoms with Crippen molar-refractivity contribution >= 4 is 12.1 Å². The van der Waals surface area contributed by atoms with Crippen LogP contribution in [0.1, 0.15) is 31.9 Å². The molecular formula is C17H21NO4. The number of methoxy groups -OCH3 is 1. The molecule has 1 aromatic rings. The van der Waals surface area contributed by atoms with Crippen molar-refractivity contribution in [2.45, 2.75) is 32.8 Å². The molecule has 0 aliphatic carbocycles. The van der Waals surface area contributed by atoms with Crippen LogP contribution >= 0.6 is 0 Å². The van der Waals surface area contributed by atoms with Gasteiger partial charge in [0.2, 0.25) is 0 Å². The average molecular weight is 303 g/mol. The number of nitrogens with one attached hydrogen (secondary N) is 1. The summed E-state index contributed by atoms with van der Waals surface area (Å²) in [7, 11) is 1.36. The normalized spacial score (nSPS) is 10.2. The first-order chi connectivity index (χ1) is 10.3. The number of amides is 1. The largest absolute Gasteiger partial charge is 0.469 e. The van der Waals surface area contributed by atoms with Crippen LogP contribution in [0, 0.1) is 11.8 Å². The fourth-order valence-corrected chi connectivity index (χ4v) is 1.57. The van der Waals surface area contributed by atoms with Gasteiger partial charge in [0, 0.05) is 5.56 Å². The highest BCUT2D eigenvalue weighted by Gasteiger charge is 2.14. The van der Waals surface area contributed by atoms with E-state index in [4.69, 9.17) is 4.74 Å². The number of carbonyl (C=O) groups is 2. The molecule has 0 fully saturated rings. The van der Waals surface area contributed by atoms with Gasteiger partial charge in [0.25, 0.3) is 0 Å². The van der Waals surface area contributed by atoms with Crippen LogP contribution in [-0.2, 0) is 20.7 Å². The van der Waals surface area contributed by atoms with E-state index in [9.17, 15) is 9.59 Å². The van der Waals surface area contributed by atoms with Gasteiger partial charge in [-0.25, -0.2) is 4.79 Å². The molecule has 0 saturated heterocycles. The third-order valence-electron chi connectivity index (χ3n) is 2.46. The van der Waals surface area contributed by atoms with E-state index < -0.39 is 11.7 Å². The van der Waals surface area contributed by atoms with Gasteiger partial charge in [0.15, 0.2) is 0 Å². The Hall–Kier alpha value is -2.48. The van der Waals surface area contributed by atoms with Crippen LogP contribution in [0.15, 0.2) is 24.3 Å². The Morgan fingerprint density at radius 1 is 1.27 bits per heavy atom. The van der Waals surface area contributed by atoms with Crippen LogP contribution < -0.4 is 5.32 Å². The first kappa shape index (κ1) is 17.6. The van der Waals surface area contributed by atoms with Gasteiger partial charge in [-0.3, -0.25) is 4.79 Å². The van der Waals surface area contributed by atoms with Crippen molar-refractivity contribution in [2.24, 2.45) is 0 Å². The number of hydrogen-bond donors (Lipinski definition) is 1. The third-order valence-corrected chi connectivity index (χ3v) is 2.46. The van der Waals surface area contributed by atoms with Crippen LogP contribution in [0.2, 0.25) is 0 Å². The van der Waals surface area contributed by atoms with Gasteiger partial charge in [-0.15, -0.1) is 0 Å². The summed E-state index contributed by atoms with van der Waals surface area (Å²) >= 11 is 0. The summed E-state index contributed by atoms with van der Waals surface area (Å²) < 4.78 is 9.72. The van der Waals surface area contributed by atoms with Crippen molar-refractivity contribution < 1.29 is 19.1 Å². The minimum atomic E-state index is -0.528. The highest BCUT2D eigenvalue weighted by atomic mass is 16.6. The first-order valence-corrected chi connectivity index (χ1v) is 6.91.